The molecule has 0 spiro atoms. The number of hydrogen-bond acceptors (Lipinski definition) is 8. The van der Waals surface area contributed by atoms with Gasteiger partial charge in [-0.3, -0.25) is 0 Å². The quantitative estimate of drug-likeness (QED) is 0.238. The van der Waals surface area contributed by atoms with Gasteiger partial charge in [0.2, 0.25) is 0 Å². The summed E-state index contributed by atoms with van der Waals surface area (Å²) >= 11 is 0. The number of hydrogen-bond donors (Lipinski definition) is 0. The Hall–Kier alpha value is -0.390. The second-order valence-electron chi connectivity index (χ2n) is 4.97. The summed E-state index contributed by atoms with van der Waals surface area (Å²) in [6.07, 6.45) is 0. The Bertz CT molecular complexity index is 225. The van der Waals surface area contributed by atoms with Gasteiger partial charge in [0, 0.05) is 7.11 Å². The minimum Gasteiger partial charge on any atom is -0.382 e. The van der Waals surface area contributed by atoms with Gasteiger partial charge in [-0.15, -0.1) is 0 Å². The molecule has 26 heavy (non-hydrogen) atoms. The molecular weight excluding hydrogens is 351 g/mol. The Labute approximate surface area is 156 Å². The fourth-order valence-corrected chi connectivity index (χ4v) is 1.62. The van der Waals surface area contributed by atoms with Crippen LogP contribution in [0.1, 0.15) is 0 Å². The Balaban J connectivity index is 2.95. The summed E-state index contributed by atoms with van der Waals surface area (Å²) in [6.45, 7) is 6.91. The highest BCUT2D eigenvalue weighted by Gasteiger charge is 1.94. The van der Waals surface area contributed by atoms with Gasteiger partial charge in [0.05, 0.1) is 99.1 Å². The molecule has 0 aliphatic rings. The minimum absolute atomic E-state index is 0.123. The Morgan fingerprint density at radius 1 is 0.385 bits per heavy atom. The maximum Gasteiger partial charge on any atom is 0.113 e. The Kier molecular flexibility index (Phi) is 24.2. The van der Waals surface area contributed by atoms with Gasteiger partial charge in [-0.25, -0.2) is 4.39 Å². The van der Waals surface area contributed by atoms with Gasteiger partial charge >= 0.3 is 0 Å². The normalized spacial score (nSPS) is 11.3. The van der Waals surface area contributed by atoms with Crippen molar-refractivity contribution in [3.63, 3.8) is 0 Å². The Morgan fingerprint density at radius 3 is 0.846 bits per heavy atom. The average molecular weight is 386 g/mol. The van der Waals surface area contributed by atoms with Crippen molar-refractivity contribution in [2.24, 2.45) is 0 Å². The van der Waals surface area contributed by atoms with Gasteiger partial charge in [-0.1, -0.05) is 0 Å². The van der Waals surface area contributed by atoms with Crippen molar-refractivity contribution in [3.05, 3.63) is 0 Å². The molecule has 0 radical (unpaired) electrons. The van der Waals surface area contributed by atoms with Gasteiger partial charge in [0.1, 0.15) is 6.67 Å². The van der Waals surface area contributed by atoms with Crippen molar-refractivity contribution >= 4 is 0 Å². The van der Waals surface area contributed by atoms with E-state index in [0.717, 1.165) is 0 Å². The SMILES string of the molecule is COCCOCCOCCOCCOCCOCCOCCOCCF. The third kappa shape index (κ3) is 23.6. The predicted molar refractivity (Wildman–Crippen MR) is 93.6 cm³/mol. The van der Waals surface area contributed by atoms with E-state index in [1.54, 1.807) is 7.11 Å². The van der Waals surface area contributed by atoms with Gasteiger partial charge in [-0.05, 0) is 0 Å². The summed E-state index contributed by atoms with van der Waals surface area (Å²) in [7, 11) is 1.64. The molecular formula is C17H35FO8. The van der Waals surface area contributed by atoms with Crippen molar-refractivity contribution < 1.29 is 42.3 Å². The lowest BCUT2D eigenvalue weighted by atomic mass is 10.6. The van der Waals surface area contributed by atoms with E-state index >= 15 is 0 Å². The fraction of sp³-hybridized carbons (Fsp3) is 1.00. The highest BCUT2D eigenvalue weighted by molar-refractivity contribution is 4.37. The van der Waals surface area contributed by atoms with Crippen LogP contribution in [0.5, 0.6) is 0 Å². The number of alkyl halides is 1. The van der Waals surface area contributed by atoms with Crippen LogP contribution in [0.2, 0.25) is 0 Å². The molecule has 0 fully saturated rings. The lowest BCUT2D eigenvalue weighted by Crippen LogP contribution is -2.14. The fourth-order valence-electron chi connectivity index (χ4n) is 1.62. The maximum absolute atomic E-state index is 11.7. The molecule has 0 aromatic heterocycles. The van der Waals surface area contributed by atoms with Gasteiger partial charge < -0.3 is 37.9 Å². The zero-order valence-corrected chi connectivity index (χ0v) is 16.0. The summed E-state index contributed by atoms with van der Waals surface area (Å²) < 4.78 is 53.4. The van der Waals surface area contributed by atoms with Gasteiger partial charge in [0.25, 0.3) is 0 Å². The third-order valence-corrected chi connectivity index (χ3v) is 2.89. The molecule has 0 unspecified atom stereocenters. The Morgan fingerprint density at radius 2 is 0.615 bits per heavy atom. The van der Waals surface area contributed by atoms with Crippen molar-refractivity contribution in [2.75, 3.05) is 113 Å². The van der Waals surface area contributed by atoms with E-state index in [0.29, 0.717) is 92.5 Å². The number of rotatable bonds is 23. The van der Waals surface area contributed by atoms with E-state index in [4.69, 9.17) is 37.9 Å². The summed E-state index contributed by atoms with van der Waals surface area (Å²) in [5, 5.41) is 0. The van der Waals surface area contributed by atoms with E-state index in [1.807, 2.05) is 0 Å². The molecule has 0 N–H and O–H groups in total. The van der Waals surface area contributed by atoms with Crippen molar-refractivity contribution in [3.8, 4) is 0 Å². The maximum atomic E-state index is 11.7. The van der Waals surface area contributed by atoms with Gasteiger partial charge in [-0.2, -0.15) is 0 Å². The lowest BCUT2D eigenvalue weighted by molar-refractivity contribution is -0.0223. The third-order valence-electron chi connectivity index (χ3n) is 2.89. The van der Waals surface area contributed by atoms with Crippen LogP contribution >= 0.6 is 0 Å². The van der Waals surface area contributed by atoms with Crippen LogP contribution in [-0.2, 0) is 37.9 Å². The molecule has 0 saturated carbocycles. The summed E-state index contributed by atoms with van der Waals surface area (Å²) in [4.78, 5) is 0. The second-order valence-corrected chi connectivity index (χ2v) is 4.97. The summed E-state index contributed by atoms with van der Waals surface area (Å²) in [5.74, 6) is 0. The first-order valence-corrected chi connectivity index (χ1v) is 9.01. The van der Waals surface area contributed by atoms with E-state index in [9.17, 15) is 4.39 Å². The van der Waals surface area contributed by atoms with Crippen molar-refractivity contribution in [1.82, 2.24) is 0 Å². The van der Waals surface area contributed by atoms with Crippen LogP contribution in [-0.4, -0.2) is 113 Å². The van der Waals surface area contributed by atoms with Crippen LogP contribution in [0.15, 0.2) is 0 Å². The molecule has 9 heteroatoms. The average Bonchev–Trinajstić information content (AvgIpc) is 2.66. The van der Waals surface area contributed by atoms with Crippen LogP contribution < -0.4 is 0 Å². The van der Waals surface area contributed by atoms with Crippen LogP contribution in [0, 0.1) is 0 Å². The van der Waals surface area contributed by atoms with Gasteiger partial charge in [0.15, 0.2) is 0 Å². The molecule has 0 aromatic rings. The lowest BCUT2D eigenvalue weighted by Gasteiger charge is -2.08. The smallest absolute Gasteiger partial charge is 0.113 e. The number of ether oxygens (including phenoxy) is 8. The molecule has 0 aliphatic carbocycles. The molecule has 0 aliphatic heterocycles. The van der Waals surface area contributed by atoms with Crippen LogP contribution in [0.4, 0.5) is 4.39 Å². The van der Waals surface area contributed by atoms with Crippen LogP contribution in [0.25, 0.3) is 0 Å². The summed E-state index contributed by atoms with van der Waals surface area (Å²) in [5.41, 5.74) is 0. The molecule has 0 aromatic carbocycles. The first-order valence-electron chi connectivity index (χ1n) is 9.01. The first kappa shape index (κ1) is 25.6. The molecule has 0 atom stereocenters. The van der Waals surface area contributed by atoms with E-state index in [1.165, 1.54) is 0 Å². The molecule has 0 amide bonds. The molecule has 0 heterocycles. The second kappa shape index (κ2) is 24.6. The number of halogens is 1. The van der Waals surface area contributed by atoms with Crippen molar-refractivity contribution in [2.45, 2.75) is 0 Å². The van der Waals surface area contributed by atoms with Crippen molar-refractivity contribution in [1.29, 1.82) is 0 Å². The van der Waals surface area contributed by atoms with E-state index < -0.39 is 6.67 Å². The zero-order valence-electron chi connectivity index (χ0n) is 16.0. The highest BCUT2D eigenvalue weighted by Crippen LogP contribution is 1.85. The molecule has 0 bridgehead atoms. The predicted octanol–water partition coefficient (Wildman–Crippen LogP) is 0.719. The monoisotopic (exact) mass is 386 g/mol. The molecule has 0 rings (SSSR count). The van der Waals surface area contributed by atoms with Crippen LogP contribution in [0.3, 0.4) is 0 Å². The van der Waals surface area contributed by atoms with E-state index in [2.05, 4.69) is 0 Å². The zero-order chi connectivity index (χ0) is 19.0. The molecule has 0 saturated heterocycles. The largest absolute Gasteiger partial charge is 0.382 e. The minimum atomic E-state index is -0.465. The topological polar surface area (TPSA) is 73.8 Å². The molecule has 8 nitrogen and oxygen atoms in total. The standard InChI is InChI=1S/C17H35FO8/c1-19-4-5-21-8-9-23-12-13-25-16-17-26-15-14-24-11-10-22-7-6-20-3-2-18/h2-17H2,1H3. The van der Waals surface area contributed by atoms with E-state index in [-0.39, 0.29) is 6.61 Å². The number of methoxy groups -OCH3 is 1. The first-order chi connectivity index (χ1) is 12.9. The summed E-state index contributed by atoms with van der Waals surface area (Å²) in [6, 6.07) is 0. The molecule has 158 valence electrons. The highest BCUT2D eigenvalue weighted by atomic mass is 19.1.